The number of nitrogens with zero attached hydrogens (tertiary/aromatic N) is 1. The summed E-state index contributed by atoms with van der Waals surface area (Å²) in [5, 5.41) is 16.3. The van der Waals surface area contributed by atoms with Crippen molar-refractivity contribution in [2.45, 2.75) is 12.8 Å². The van der Waals surface area contributed by atoms with Gasteiger partial charge in [0.1, 0.15) is 12.4 Å². The standard InChI is InChI=1S/C20H21N3O3/c21-19(22)16-7-5-15(6-8-16)14-3-1-13(2-4-14)11-17-9-10-23(20(17)26)12-18(24)25/h1-8,17H,9-12H2,(H3,21,22)(H,24,25). The molecule has 4 N–H and O–H groups in total. The largest absolute Gasteiger partial charge is 0.480 e. The van der Waals surface area contributed by atoms with Gasteiger partial charge in [0.15, 0.2) is 0 Å². The van der Waals surface area contributed by atoms with Gasteiger partial charge in [-0.05, 0) is 29.5 Å². The van der Waals surface area contributed by atoms with E-state index in [1.807, 2.05) is 48.5 Å². The van der Waals surface area contributed by atoms with Crippen molar-refractivity contribution in [3.8, 4) is 11.1 Å². The number of carboxylic acids is 1. The Morgan fingerprint density at radius 1 is 1.12 bits per heavy atom. The van der Waals surface area contributed by atoms with Crippen molar-refractivity contribution in [1.29, 1.82) is 5.41 Å². The van der Waals surface area contributed by atoms with Crippen LogP contribution in [0.15, 0.2) is 48.5 Å². The van der Waals surface area contributed by atoms with E-state index in [4.69, 9.17) is 16.2 Å². The first-order valence-electron chi connectivity index (χ1n) is 8.48. The van der Waals surface area contributed by atoms with Crippen LogP contribution in [0.4, 0.5) is 0 Å². The van der Waals surface area contributed by atoms with Gasteiger partial charge in [0.25, 0.3) is 0 Å². The molecule has 0 spiro atoms. The lowest BCUT2D eigenvalue weighted by Gasteiger charge is -2.14. The first kappa shape index (κ1) is 17.7. The maximum Gasteiger partial charge on any atom is 0.323 e. The Labute approximate surface area is 151 Å². The summed E-state index contributed by atoms with van der Waals surface area (Å²) < 4.78 is 0. The molecule has 1 atom stereocenters. The fourth-order valence-electron chi connectivity index (χ4n) is 3.27. The zero-order valence-corrected chi connectivity index (χ0v) is 14.3. The van der Waals surface area contributed by atoms with E-state index < -0.39 is 5.97 Å². The van der Waals surface area contributed by atoms with Crippen LogP contribution < -0.4 is 5.73 Å². The van der Waals surface area contributed by atoms with Crippen molar-refractivity contribution in [1.82, 2.24) is 4.90 Å². The number of amides is 1. The van der Waals surface area contributed by atoms with Crippen LogP contribution >= 0.6 is 0 Å². The molecule has 1 heterocycles. The molecule has 3 rings (SSSR count). The Morgan fingerprint density at radius 3 is 2.23 bits per heavy atom. The molecular weight excluding hydrogens is 330 g/mol. The van der Waals surface area contributed by atoms with Gasteiger partial charge in [-0.1, -0.05) is 48.5 Å². The predicted molar refractivity (Wildman–Crippen MR) is 98.9 cm³/mol. The summed E-state index contributed by atoms with van der Waals surface area (Å²) in [6.45, 7) is 0.293. The maximum absolute atomic E-state index is 12.3. The van der Waals surface area contributed by atoms with Gasteiger partial charge in [0.05, 0.1) is 0 Å². The number of likely N-dealkylation sites (tertiary alicyclic amines) is 1. The van der Waals surface area contributed by atoms with E-state index in [1.54, 1.807) is 0 Å². The minimum Gasteiger partial charge on any atom is -0.480 e. The number of hydrogen-bond donors (Lipinski definition) is 3. The van der Waals surface area contributed by atoms with Gasteiger partial charge in [0, 0.05) is 18.0 Å². The average Bonchev–Trinajstić information content (AvgIpc) is 2.95. The number of carbonyl (C=O) groups is 2. The smallest absolute Gasteiger partial charge is 0.323 e. The van der Waals surface area contributed by atoms with Gasteiger partial charge >= 0.3 is 5.97 Å². The normalized spacial score (nSPS) is 16.7. The number of carboxylic acid groups (broad SMARTS) is 1. The monoisotopic (exact) mass is 351 g/mol. The molecular formula is C20H21N3O3. The summed E-state index contributed by atoms with van der Waals surface area (Å²) in [5.74, 6) is -1.14. The first-order chi connectivity index (χ1) is 12.4. The third-order valence-corrected chi connectivity index (χ3v) is 4.70. The van der Waals surface area contributed by atoms with Crippen molar-refractivity contribution < 1.29 is 14.7 Å². The Bertz CT molecular complexity index is 828. The maximum atomic E-state index is 12.3. The molecule has 2 aromatic rings. The average molecular weight is 351 g/mol. The minimum atomic E-state index is -0.973. The van der Waals surface area contributed by atoms with Gasteiger partial charge in [-0.3, -0.25) is 15.0 Å². The molecule has 1 aliphatic rings. The third kappa shape index (κ3) is 3.91. The molecule has 2 aromatic carbocycles. The Hall–Kier alpha value is -3.15. The number of nitrogens with one attached hydrogen (secondary N) is 1. The lowest BCUT2D eigenvalue weighted by Crippen LogP contribution is -2.32. The SMILES string of the molecule is N=C(N)c1ccc(-c2ccc(CC3CCN(CC(=O)O)C3=O)cc2)cc1. The Balaban J connectivity index is 1.65. The molecule has 0 radical (unpaired) electrons. The number of benzene rings is 2. The van der Waals surface area contributed by atoms with Crippen molar-refractivity contribution >= 4 is 17.7 Å². The Morgan fingerprint density at radius 2 is 1.69 bits per heavy atom. The van der Waals surface area contributed by atoms with Crippen LogP contribution in [0.5, 0.6) is 0 Å². The van der Waals surface area contributed by atoms with Crippen LogP contribution in [0.2, 0.25) is 0 Å². The van der Waals surface area contributed by atoms with E-state index in [1.165, 1.54) is 4.90 Å². The topological polar surface area (TPSA) is 107 Å². The second-order valence-corrected chi connectivity index (χ2v) is 6.53. The van der Waals surface area contributed by atoms with Crippen LogP contribution in [-0.4, -0.2) is 40.8 Å². The van der Waals surface area contributed by atoms with Crippen LogP contribution in [0.25, 0.3) is 11.1 Å². The molecule has 1 aliphatic heterocycles. The molecule has 6 heteroatoms. The molecule has 1 amide bonds. The van der Waals surface area contributed by atoms with Crippen LogP contribution in [-0.2, 0) is 16.0 Å². The van der Waals surface area contributed by atoms with Crippen LogP contribution in [0.1, 0.15) is 17.5 Å². The number of aliphatic carboxylic acids is 1. The number of nitrogens with two attached hydrogens (primary N) is 1. The van der Waals surface area contributed by atoms with E-state index in [9.17, 15) is 9.59 Å². The van der Waals surface area contributed by atoms with Crippen LogP contribution in [0.3, 0.4) is 0 Å². The van der Waals surface area contributed by atoms with Crippen LogP contribution in [0, 0.1) is 11.3 Å². The van der Waals surface area contributed by atoms with E-state index in [0.29, 0.717) is 24.9 Å². The molecule has 0 saturated carbocycles. The number of amidine groups is 1. The molecule has 1 saturated heterocycles. The van der Waals surface area contributed by atoms with E-state index in [-0.39, 0.29) is 24.2 Å². The number of hydrogen-bond acceptors (Lipinski definition) is 3. The van der Waals surface area contributed by atoms with E-state index in [2.05, 4.69) is 0 Å². The molecule has 0 aliphatic carbocycles. The van der Waals surface area contributed by atoms with E-state index in [0.717, 1.165) is 16.7 Å². The van der Waals surface area contributed by atoms with Crippen molar-refractivity contribution in [3.05, 3.63) is 59.7 Å². The van der Waals surface area contributed by atoms with Gasteiger partial charge in [-0.25, -0.2) is 0 Å². The summed E-state index contributed by atoms with van der Waals surface area (Å²) in [6.07, 6.45) is 1.32. The highest BCUT2D eigenvalue weighted by atomic mass is 16.4. The molecule has 1 fully saturated rings. The number of rotatable bonds is 6. The molecule has 134 valence electrons. The highest BCUT2D eigenvalue weighted by molar-refractivity contribution is 5.95. The summed E-state index contributed by atoms with van der Waals surface area (Å²) in [7, 11) is 0. The molecule has 1 unspecified atom stereocenters. The fourth-order valence-corrected chi connectivity index (χ4v) is 3.27. The van der Waals surface area contributed by atoms with Gasteiger partial charge in [-0.15, -0.1) is 0 Å². The molecule has 6 nitrogen and oxygen atoms in total. The summed E-state index contributed by atoms with van der Waals surface area (Å²) >= 11 is 0. The summed E-state index contributed by atoms with van der Waals surface area (Å²) in [4.78, 5) is 24.5. The van der Waals surface area contributed by atoms with Crippen molar-refractivity contribution in [2.24, 2.45) is 11.7 Å². The lowest BCUT2D eigenvalue weighted by molar-refractivity contribution is -0.143. The highest BCUT2D eigenvalue weighted by Gasteiger charge is 2.32. The first-order valence-corrected chi connectivity index (χ1v) is 8.48. The minimum absolute atomic E-state index is 0.0464. The summed E-state index contributed by atoms with van der Waals surface area (Å²) in [5.41, 5.74) is 9.30. The fraction of sp³-hybridized carbons (Fsp3) is 0.250. The lowest BCUT2D eigenvalue weighted by atomic mass is 9.96. The zero-order valence-electron chi connectivity index (χ0n) is 14.3. The third-order valence-electron chi connectivity index (χ3n) is 4.70. The van der Waals surface area contributed by atoms with Gasteiger partial charge in [0.2, 0.25) is 5.91 Å². The number of carbonyl (C=O) groups excluding carboxylic acids is 1. The quantitative estimate of drug-likeness (QED) is 0.547. The zero-order chi connectivity index (χ0) is 18.7. The summed E-state index contributed by atoms with van der Waals surface area (Å²) in [6, 6.07) is 15.5. The second kappa shape index (κ2) is 7.39. The van der Waals surface area contributed by atoms with Crippen molar-refractivity contribution in [3.63, 3.8) is 0 Å². The Kier molecular flexibility index (Phi) is 5.02. The van der Waals surface area contributed by atoms with Gasteiger partial charge in [-0.2, -0.15) is 0 Å². The van der Waals surface area contributed by atoms with Crippen molar-refractivity contribution in [2.75, 3.05) is 13.1 Å². The highest BCUT2D eigenvalue weighted by Crippen LogP contribution is 2.25. The predicted octanol–water partition coefficient (Wildman–Crippen LogP) is 2.11. The van der Waals surface area contributed by atoms with Gasteiger partial charge < -0.3 is 15.7 Å². The number of nitrogen functional groups attached to an aromatic ring is 1. The molecule has 0 bridgehead atoms. The second-order valence-electron chi connectivity index (χ2n) is 6.53. The molecule has 26 heavy (non-hydrogen) atoms. The van der Waals surface area contributed by atoms with E-state index >= 15 is 0 Å². The molecule has 0 aromatic heterocycles.